The van der Waals surface area contributed by atoms with E-state index >= 15 is 0 Å². The number of nitrogen functional groups attached to an aromatic ring is 1. The van der Waals surface area contributed by atoms with E-state index in [9.17, 15) is 0 Å². The molecule has 1 aliphatic rings. The summed E-state index contributed by atoms with van der Waals surface area (Å²) in [5.41, 5.74) is 6.34. The molecule has 0 bridgehead atoms. The number of likely N-dealkylation sites (tertiary alicyclic amines) is 1. The Balaban J connectivity index is 2.04. The third-order valence-corrected chi connectivity index (χ3v) is 3.50. The molecule has 0 radical (unpaired) electrons. The van der Waals surface area contributed by atoms with Crippen LogP contribution in [0, 0.1) is 5.92 Å². The van der Waals surface area contributed by atoms with Gasteiger partial charge in [-0.2, -0.15) is 0 Å². The Morgan fingerprint density at radius 2 is 2.35 bits per heavy atom. The Morgan fingerprint density at radius 3 is 3.00 bits per heavy atom. The Bertz CT molecular complexity index is 397. The smallest absolute Gasteiger partial charge is 0.157 e. The van der Waals surface area contributed by atoms with Gasteiger partial charge in [0.15, 0.2) is 11.0 Å². The van der Waals surface area contributed by atoms with Crippen molar-refractivity contribution in [2.75, 3.05) is 44.4 Å². The Kier molecular flexibility index (Phi) is 3.69. The van der Waals surface area contributed by atoms with Crippen LogP contribution in [0.1, 0.15) is 6.42 Å². The molecule has 0 aliphatic carbocycles. The summed E-state index contributed by atoms with van der Waals surface area (Å²) < 4.78 is 0. The van der Waals surface area contributed by atoms with Crippen molar-refractivity contribution in [2.45, 2.75) is 6.42 Å². The number of anilines is 2. The second-order valence-corrected chi connectivity index (χ2v) is 5.06. The van der Waals surface area contributed by atoms with Crippen molar-refractivity contribution in [1.82, 2.24) is 14.9 Å². The van der Waals surface area contributed by atoms with Crippen LogP contribution in [0.2, 0.25) is 5.15 Å². The van der Waals surface area contributed by atoms with Gasteiger partial charge in [0.1, 0.15) is 12.0 Å². The van der Waals surface area contributed by atoms with Crippen LogP contribution in [0.5, 0.6) is 0 Å². The molecular formula is C11H18ClN5. The molecule has 17 heavy (non-hydrogen) atoms. The van der Waals surface area contributed by atoms with Gasteiger partial charge in [-0.25, -0.2) is 9.97 Å². The number of hydrogen-bond donors (Lipinski definition) is 1. The summed E-state index contributed by atoms with van der Waals surface area (Å²) in [5.74, 6) is 1.39. The average molecular weight is 256 g/mol. The molecular weight excluding hydrogens is 238 g/mol. The molecule has 1 aliphatic heterocycles. The summed E-state index contributed by atoms with van der Waals surface area (Å²) in [5, 5.41) is 0.324. The van der Waals surface area contributed by atoms with Gasteiger partial charge in [0, 0.05) is 20.1 Å². The molecule has 1 atom stereocenters. The van der Waals surface area contributed by atoms with Crippen molar-refractivity contribution in [2.24, 2.45) is 5.92 Å². The SMILES string of the molecule is CN1CCC(CN(C)c2ncnc(Cl)c2N)C1. The molecule has 0 aromatic carbocycles. The lowest BCUT2D eigenvalue weighted by Gasteiger charge is -2.23. The summed E-state index contributed by atoms with van der Waals surface area (Å²) in [6.07, 6.45) is 2.67. The number of halogens is 1. The number of nitrogens with two attached hydrogens (primary N) is 1. The Labute approximate surface area is 107 Å². The summed E-state index contributed by atoms with van der Waals surface area (Å²) in [6, 6.07) is 0. The predicted molar refractivity (Wildman–Crippen MR) is 70.3 cm³/mol. The highest BCUT2D eigenvalue weighted by Crippen LogP contribution is 2.26. The van der Waals surface area contributed by atoms with Crippen LogP contribution in [0.4, 0.5) is 11.5 Å². The average Bonchev–Trinajstić information content (AvgIpc) is 2.68. The minimum atomic E-state index is 0.324. The van der Waals surface area contributed by atoms with Gasteiger partial charge in [0.2, 0.25) is 0 Å². The van der Waals surface area contributed by atoms with Crippen LogP contribution in [0.3, 0.4) is 0 Å². The molecule has 1 fully saturated rings. The third-order valence-electron chi connectivity index (χ3n) is 3.20. The molecule has 5 nitrogen and oxygen atoms in total. The first-order valence-corrected chi connectivity index (χ1v) is 6.11. The topological polar surface area (TPSA) is 58.3 Å². The third kappa shape index (κ3) is 2.79. The second kappa shape index (κ2) is 5.06. The molecule has 1 aromatic heterocycles. The molecule has 2 heterocycles. The predicted octanol–water partition coefficient (Wildman–Crippen LogP) is 1.10. The summed E-state index contributed by atoms with van der Waals surface area (Å²) in [4.78, 5) is 12.5. The van der Waals surface area contributed by atoms with Gasteiger partial charge in [0.05, 0.1) is 0 Å². The standard InChI is InChI=1S/C11H18ClN5/c1-16-4-3-8(5-16)6-17(2)11-9(13)10(12)14-7-15-11/h7-8H,3-6,13H2,1-2H3. The largest absolute Gasteiger partial charge is 0.393 e. The van der Waals surface area contributed by atoms with Crippen LogP contribution in [-0.2, 0) is 0 Å². The van der Waals surface area contributed by atoms with E-state index in [-0.39, 0.29) is 0 Å². The fourth-order valence-corrected chi connectivity index (χ4v) is 2.45. The van der Waals surface area contributed by atoms with E-state index in [0.29, 0.717) is 16.8 Å². The molecule has 0 saturated carbocycles. The molecule has 1 aromatic rings. The van der Waals surface area contributed by atoms with Crippen molar-refractivity contribution in [1.29, 1.82) is 0 Å². The van der Waals surface area contributed by atoms with Crippen LogP contribution in [0.15, 0.2) is 6.33 Å². The van der Waals surface area contributed by atoms with E-state index in [0.717, 1.165) is 18.9 Å². The Hall–Kier alpha value is -1.07. The minimum Gasteiger partial charge on any atom is -0.393 e. The number of hydrogen-bond acceptors (Lipinski definition) is 5. The van der Waals surface area contributed by atoms with Gasteiger partial charge in [-0.3, -0.25) is 0 Å². The van der Waals surface area contributed by atoms with Gasteiger partial charge in [0.25, 0.3) is 0 Å². The van der Waals surface area contributed by atoms with Crippen molar-refractivity contribution in [3.8, 4) is 0 Å². The zero-order valence-corrected chi connectivity index (χ0v) is 11.0. The minimum absolute atomic E-state index is 0.324. The number of aromatic nitrogens is 2. The van der Waals surface area contributed by atoms with Crippen LogP contribution in [0.25, 0.3) is 0 Å². The maximum atomic E-state index is 5.89. The number of nitrogens with zero attached hydrogens (tertiary/aromatic N) is 4. The van der Waals surface area contributed by atoms with Gasteiger partial charge < -0.3 is 15.5 Å². The van der Waals surface area contributed by atoms with E-state index in [1.54, 1.807) is 0 Å². The van der Waals surface area contributed by atoms with Crippen LogP contribution >= 0.6 is 11.6 Å². The van der Waals surface area contributed by atoms with Gasteiger partial charge in [-0.1, -0.05) is 11.6 Å². The normalized spacial score (nSPS) is 20.8. The summed E-state index contributed by atoms with van der Waals surface area (Å²) >= 11 is 5.89. The quantitative estimate of drug-likeness (QED) is 0.820. The molecule has 2 rings (SSSR count). The molecule has 0 spiro atoms. The monoisotopic (exact) mass is 255 g/mol. The molecule has 1 saturated heterocycles. The van der Waals surface area contributed by atoms with Crippen molar-refractivity contribution < 1.29 is 0 Å². The molecule has 1 unspecified atom stereocenters. The van der Waals surface area contributed by atoms with Gasteiger partial charge in [-0.05, 0) is 25.9 Å². The highest BCUT2D eigenvalue weighted by molar-refractivity contribution is 6.32. The zero-order valence-electron chi connectivity index (χ0n) is 10.2. The van der Waals surface area contributed by atoms with E-state index in [1.807, 2.05) is 7.05 Å². The van der Waals surface area contributed by atoms with Crippen molar-refractivity contribution in [3.63, 3.8) is 0 Å². The molecule has 2 N–H and O–H groups in total. The molecule has 94 valence electrons. The molecule has 0 amide bonds. The van der Waals surface area contributed by atoms with Gasteiger partial charge in [-0.15, -0.1) is 0 Å². The second-order valence-electron chi connectivity index (χ2n) is 4.70. The summed E-state index contributed by atoms with van der Waals surface area (Å²) in [7, 11) is 4.14. The maximum Gasteiger partial charge on any atom is 0.157 e. The van der Waals surface area contributed by atoms with Crippen molar-refractivity contribution in [3.05, 3.63) is 11.5 Å². The lowest BCUT2D eigenvalue weighted by molar-refractivity contribution is 0.395. The van der Waals surface area contributed by atoms with Crippen molar-refractivity contribution >= 4 is 23.1 Å². The fraction of sp³-hybridized carbons (Fsp3) is 0.636. The lowest BCUT2D eigenvalue weighted by Crippen LogP contribution is -2.28. The van der Waals surface area contributed by atoms with E-state index in [2.05, 4.69) is 26.8 Å². The first-order valence-electron chi connectivity index (χ1n) is 5.73. The zero-order chi connectivity index (χ0) is 12.4. The highest BCUT2D eigenvalue weighted by Gasteiger charge is 2.22. The molecule has 6 heteroatoms. The fourth-order valence-electron chi connectivity index (χ4n) is 2.32. The first-order chi connectivity index (χ1) is 8.08. The lowest BCUT2D eigenvalue weighted by atomic mass is 10.1. The van der Waals surface area contributed by atoms with Crippen LogP contribution in [-0.4, -0.2) is 48.6 Å². The highest BCUT2D eigenvalue weighted by atomic mass is 35.5. The van der Waals surface area contributed by atoms with E-state index in [1.165, 1.54) is 19.3 Å². The van der Waals surface area contributed by atoms with Crippen LogP contribution < -0.4 is 10.6 Å². The number of rotatable bonds is 3. The van der Waals surface area contributed by atoms with E-state index in [4.69, 9.17) is 17.3 Å². The summed E-state index contributed by atoms with van der Waals surface area (Å²) in [6.45, 7) is 3.24. The van der Waals surface area contributed by atoms with E-state index < -0.39 is 0 Å². The first kappa shape index (κ1) is 12.4. The van der Waals surface area contributed by atoms with Gasteiger partial charge >= 0.3 is 0 Å². The Morgan fingerprint density at radius 1 is 1.59 bits per heavy atom. The maximum absolute atomic E-state index is 5.89.